The molecule has 5 heteroatoms. The van der Waals surface area contributed by atoms with Gasteiger partial charge in [-0.2, -0.15) is 0 Å². The van der Waals surface area contributed by atoms with Crippen LogP contribution in [0.2, 0.25) is 0 Å². The topological polar surface area (TPSA) is 75.1 Å². The summed E-state index contributed by atoms with van der Waals surface area (Å²) in [5.41, 5.74) is -0.891. The molecule has 0 aromatic carbocycles. The summed E-state index contributed by atoms with van der Waals surface area (Å²) >= 11 is 0. The van der Waals surface area contributed by atoms with E-state index in [1.165, 1.54) is 11.5 Å². The number of nitrogens with zero attached hydrogens (tertiary/aromatic N) is 1. The lowest BCUT2D eigenvalue weighted by Gasteiger charge is -2.17. The second-order valence-corrected chi connectivity index (χ2v) is 3.55. The first-order chi connectivity index (χ1) is 7.02. The Bertz CT molecular complexity index is 455. The minimum atomic E-state index is -0.545. The van der Waals surface area contributed by atoms with Crippen LogP contribution in [0.1, 0.15) is 38.3 Å². The molecule has 0 aliphatic carbocycles. The maximum Gasteiger partial charge on any atom is 0.331 e. The average molecular weight is 212 g/mol. The summed E-state index contributed by atoms with van der Waals surface area (Å²) in [6.07, 6.45) is 1.46. The number of hydrogen-bond acceptors (Lipinski definition) is 3. The number of aromatic nitrogens is 2. The van der Waals surface area contributed by atoms with Crippen molar-refractivity contribution in [1.82, 2.24) is 9.55 Å². The third-order valence-corrected chi connectivity index (χ3v) is 2.65. The molecule has 0 fully saturated rings. The van der Waals surface area contributed by atoms with Crippen molar-refractivity contribution in [1.29, 1.82) is 0 Å². The van der Waals surface area contributed by atoms with Gasteiger partial charge in [-0.1, -0.05) is 13.8 Å². The third kappa shape index (κ3) is 1.95. The molecule has 0 atom stereocenters. The summed E-state index contributed by atoms with van der Waals surface area (Å²) < 4.78 is 1.25. The zero-order chi connectivity index (χ0) is 11.6. The molecular weight excluding hydrogens is 196 g/mol. The highest BCUT2D eigenvalue weighted by Crippen LogP contribution is 2.19. The maximum atomic E-state index is 11.5. The van der Waals surface area contributed by atoms with E-state index in [-0.39, 0.29) is 17.5 Å². The first-order valence-corrected chi connectivity index (χ1v) is 5.07. The molecule has 84 valence electrons. The number of rotatable bonds is 3. The smallest absolute Gasteiger partial charge is 0.331 e. The Kier molecular flexibility index (Phi) is 3.34. The first kappa shape index (κ1) is 11.6. The molecule has 1 aromatic heterocycles. The Balaban J connectivity index is 3.48. The second kappa shape index (κ2) is 4.33. The molecule has 0 radical (unpaired) electrons. The van der Waals surface area contributed by atoms with Crippen LogP contribution in [0.15, 0.2) is 9.59 Å². The molecule has 2 N–H and O–H groups in total. The number of H-pyrrole nitrogens is 1. The van der Waals surface area contributed by atoms with E-state index in [9.17, 15) is 14.7 Å². The van der Waals surface area contributed by atoms with E-state index in [4.69, 9.17) is 0 Å². The molecule has 1 rings (SSSR count). The Morgan fingerprint density at radius 2 is 1.87 bits per heavy atom. The van der Waals surface area contributed by atoms with Gasteiger partial charge >= 0.3 is 5.69 Å². The molecule has 5 nitrogen and oxygen atoms in total. The fourth-order valence-electron chi connectivity index (χ4n) is 1.62. The normalized spacial score (nSPS) is 10.9. The van der Waals surface area contributed by atoms with Gasteiger partial charge in [-0.25, -0.2) is 4.79 Å². The number of aromatic hydroxyl groups is 1. The van der Waals surface area contributed by atoms with Crippen molar-refractivity contribution in [2.24, 2.45) is 0 Å². The van der Waals surface area contributed by atoms with Gasteiger partial charge in [0.15, 0.2) is 0 Å². The van der Waals surface area contributed by atoms with Crippen LogP contribution in [0.25, 0.3) is 0 Å². The van der Waals surface area contributed by atoms with Gasteiger partial charge in [0.2, 0.25) is 5.88 Å². The van der Waals surface area contributed by atoms with E-state index in [2.05, 4.69) is 4.98 Å². The molecule has 0 amide bonds. The highest BCUT2D eigenvalue weighted by atomic mass is 16.3. The van der Waals surface area contributed by atoms with Gasteiger partial charge in [-0.15, -0.1) is 0 Å². The minimum absolute atomic E-state index is 0.0759. The van der Waals surface area contributed by atoms with Gasteiger partial charge in [0.1, 0.15) is 0 Å². The standard InChI is InChI=1S/C10H16N2O3/c1-4-7(5-2)12-9(14)6(3)8(13)11-10(12)15/h7,14H,4-5H2,1-3H3,(H,11,13,15). The maximum absolute atomic E-state index is 11.5. The van der Waals surface area contributed by atoms with Crippen molar-refractivity contribution < 1.29 is 5.11 Å². The monoisotopic (exact) mass is 212 g/mol. The molecular formula is C10H16N2O3. The second-order valence-electron chi connectivity index (χ2n) is 3.55. The van der Waals surface area contributed by atoms with E-state index in [0.29, 0.717) is 0 Å². The van der Waals surface area contributed by atoms with Crippen LogP contribution >= 0.6 is 0 Å². The van der Waals surface area contributed by atoms with Crippen LogP contribution in [0, 0.1) is 6.92 Å². The predicted octanol–water partition coefficient (Wildman–Crippen LogP) is 0.912. The number of nitrogens with one attached hydrogen (secondary N) is 1. The molecule has 0 aliphatic heterocycles. The van der Waals surface area contributed by atoms with Crippen molar-refractivity contribution in [3.63, 3.8) is 0 Å². The summed E-state index contributed by atoms with van der Waals surface area (Å²) in [7, 11) is 0. The summed E-state index contributed by atoms with van der Waals surface area (Å²) in [6, 6.07) is -0.0759. The lowest BCUT2D eigenvalue weighted by atomic mass is 10.1. The molecule has 1 aromatic rings. The zero-order valence-corrected chi connectivity index (χ0v) is 9.20. The lowest BCUT2D eigenvalue weighted by Crippen LogP contribution is -2.33. The largest absolute Gasteiger partial charge is 0.494 e. The SMILES string of the molecule is CCC(CC)n1c(O)c(C)c(=O)[nH]c1=O. The molecule has 0 aliphatic rings. The van der Waals surface area contributed by atoms with E-state index < -0.39 is 11.2 Å². The summed E-state index contributed by atoms with van der Waals surface area (Å²) in [5.74, 6) is -0.225. The van der Waals surface area contributed by atoms with Gasteiger partial charge in [0.05, 0.1) is 5.56 Å². The van der Waals surface area contributed by atoms with Crippen LogP contribution in [0.3, 0.4) is 0 Å². The van der Waals surface area contributed by atoms with Crippen molar-refractivity contribution in [3.05, 3.63) is 26.4 Å². The summed E-state index contributed by atoms with van der Waals surface area (Å²) in [5, 5.41) is 9.73. The number of hydrogen-bond donors (Lipinski definition) is 2. The fourth-order valence-corrected chi connectivity index (χ4v) is 1.62. The van der Waals surface area contributed by atoms with Gasteiger partial charge in [0, 0.05) is 6.04 Å². The van der Waals surface area contributed by atoms with Crippen molar-refractivity contribution in [2.45, 2.75) is 39.7 Å². The van der Waals surface area contributed by atoms with Gasteiger partial charge in [0.25, 0.3) is 5.56 Å². The predicted molar refractivity (Wildman–Crippen MR) is 57.3 cm³/mol. The van der Waals surface area contributed by atoms with Gasteiger partial charge in [-0.3, -0.25) is 14.3 Å². The van der Waals surface area contributed by atoms with Crippen LogP contribution in [0.5, 0.6) is 5.88 Å². The Morgan fingerprint density at radius 3 is 2.33 bits per heavy atom. The van der Waals surface area contributed by atoms with E-state index >= 15 is 0 Å². The van der Waals surface area contributed by atoms with E-state index in [0.717, 1.165) is 12.8 Å². The summed E-state index contributed by atoms with van der Waals surface area (Å²) in [6.45, 7) is 5.35. The average Bonchev–Trinajstić information content (AvgIpc) is 2.21. The molecule has 0 saturated heterocycles. The van der Waals surface area contributed by atoms with Gasteiger partial charge in [-0.05, 0) is 19.8 Å². The van der Waals surface area contributed by atoms with Crippen molar-refractivity contribution in [3.8, 4) is 5.88 Å². The van der Waals surface area contributed by atoms with E-state index in [1.54, 1.807) is 0 Å². The molecule has 0 unspecified atom stereocenters. The Hall–Kier alpha value is -1.52. The third-order valence-electron chi connectivity index (χ3n) is 2.65. The van der Waals surface area contributed by atoms with Gasteiger partial charge < -0.3 is 5.11 Å². The highest BCUT2D eigenvalue weighted by molar-refractivity contribution is 5.21. The minimum Gasteiger partial charge on any atom is -0.494 e. The molecule has 0 saturated carbocycles. The fraction of sp³-hybridized carbons (Fsp3) is 0.600. The molecule has 1 heterocycles. The van der Waals surface area contributed by atoms with Crippen molar-refractivity contribution in [2.75, 3.05) is 0 Å². The van der Waals surface area contributed by atoms with Crippen LogP contribution in [0.4, 0.5) is 0 Å². The lowest BCUT2D eigenvalue weighted by molar-refractivity contribution is 0.346. The van der Waals surface area contributed by atoms with Crippen LogP contribution < -0.4 is 11.2 Å². The Labute approximate surface area is 87.4 Å². The Morgan fingerprint density at radius 1 is 1.33 bits per heavy atom. The van der Waals surface area contributed by atoms with Crippen LogP contribution in [-0.2, 0) is 0 Å². The zero-order valence-electron chi connectivity index (χ0n) is 9.20. The van der Waals surface area contributed by atoms with Crippen molar-refractivity contribution >= 4 is 0 Å². The molecule has 0 bridgehead atoms. The molecule has 0 spiro atoms. The number of aromatic amines is 1. The quantitative estimate of drug-likeness (QED) is 0.782. The van der Waals surface area contributed by atoms with Crippen LogP contribution in [-0.4, -0.2) is 14.7 Å². The first-order valence-electron chi connectivity index (χ1n) is 5.07. The highest BCUT2D eigenvalue weighted by Gasteiger charge is 2.15. The summed E-state index contributed by atoms with van der Waals surface area (Å²) in [4.78, 5) is 24.9. The van der Waals surface area contributed by atoms with E-state index in [1.807, 2.05) is 13.8 Å². The molecule has 15 heavy (non-hydrogen) atoms.